The van der Waals surface area contributed by atoms with Gasteiger partial charge in [0.2, 0.25) is 5.91 Å². The zero-order valence-corrected chi connectivity index (χ0v) is 12.9. The van der Waals surface area contributed by atoms with E-state index in [0.717, 1.165) is 19.6 Å². The van der Waals surface area contributed by atoms with E-state index in [-0.39, 0.29) is 5.91 Å². The van der Waals surface area contributed by atoms with Crippen molar-refractivity contribution in [3.05, 3.63) is 17.5 Å². The topological polar surface area (TPSA) is 61.0 Å². The highest BCUT2D eigenvalue weighted by Crippen LogP contribution is 2.25. The molecule has 0 spiro atoms. The lowest BCUT2D eigenvalue weighted by Gasteiger charge is -2.30. The molecule has 2 N–H and O–H groups in total. The van der Waals surface area contributed by atoms with Gasteiger partial charge in [-0.1, -0.05) is 26.2 Å². The van der Waals surface area contributed by atoms with Gasteiger partial charge in [0, 0.05) is 36.8 Å². The Bertz CT molecular complexity index is 478. The Morgan fingerprint density at radius 2 is 2.24 bits per heavy atom. The molecule has 0 saturated heterocycles. The molecule has 5 heteroatoms. The van der Waals surface area contributed by atoms with E-state index in [2.05, 4.69) is 27.3 Å². The van der Waals surface area contributed by atoms with E-state index in [0.29, 0.717) is 18.4 Å². The van der Waals surface area contributed by atoms with E-state index in [4.69, 9.17) is 0 Å². The van der Waals surface area contributed by atoms with E-state index in [1.807, 2.05) is 6.20 Å². The zero-order valence-electron chi connectivity index (χ0n) is 12.9. The molecule has 116 valence electrons. The fourth-order valence-corrected chi connectivity index (χ4v) is 3.69. The van der Waals surface area contributed by atoms with Gasteiger partial charge >= 0.3 is 0 Å². The number of hydrogen-bond donors (Lipinski definition) is 2. The SMILES string of the molecule is C[C@H]1CN(CC(=O)NCC2CCCCC2)Cc2cn[nH]c21. The van der Waals surface area contributed by atoms with Crippen LogP contribution in [0.15, 0.2) is 6.20 Å². The number of aromatic amines is 1. The Kier molecular flexibility index (Phi) is 4.58. The molecule has 1 saturated carbocycles. The van der Waals surface area contributed by atoms with E-state index < -0.39 is 0 Å². The second-order valence-electron chi connectivity index (χ2n) is 6.69. The van der Waals surface area contributed by atoms with Gasteiger partial charge in [0.15, 0.2) is 0 Å². The fourth-order valence-electron chi connectivity index (χ4n) is 3.69. The van der Waals surface area contributed by atoms with Gasteiger partial charge in [-0.15, -0.1) is 0 Å². The summed E-state index contributed by atoms with van der Waals surface area (Å²) in [6, 6.07) is 0. The number of amides is 1. The van der Waals surface area contributed by atoms with Gasteiger partial charge < -0.3 is 5.32 Å². The molecule has 5 nitrogen and oxygen atoms in total. The van der Waals surface area contributed by atoms with Crippen molar-refractivity contribution < 1.29 is 4.79 Å². The third kappa shape index (κ3) is 3.64. The normalized spacial score (nSPS) is 23.8. The van der Waals surface area contributed by atoms with Gasteiger partial charge in [-0.2, -0.15) is 5.10 Å². The van der Waals surface area contributed by atoms with Gasteiger partial charge in [0.25, 0.3) is 0 Å². The molecule has 0 unspecified atom stereocenters. The number of fused-ring (bicyclic) bond motifs is 1. The summed E-state index contributed by atoms with van der Waals surface area (Å²) in [5.74, 6) is 1.28. The van der Waals surface area contributed by atoms with Gasteiger partial charge in [-0.25, -0.2) is 0 Å². The second kappa shape index (κ2) is 6.60. The standard InChI is InChI=1S/C16H26N4O/c1-12-9-20(10-14-8-18-19-16(12)14)11-15(21)17-7-13-5-3-2-4-6-13/h8,12-13H,2-7,9-11H2,1H3,(H,17,21)(H,18,19)/t12-/m0/s1. The first-order chi connectivity index (χ1) is 10.2. The molecular weight excluding hydrogens is 264 g/mol. The van der Waals surface area contributed by atoms with Crippen molar-refractivity contribution in [2.24, 2.45) is 5.92 Å². The van der Waals surface area contributed by atoms with Crippen molar-refractivity contribution in [3.8, 4) is 0 Å². The van der Waals surface area contributed by atoms with Crippen LogP contribution in [0.1, 0.15) is 56.2 Å². The number of rotatable bonds is 4. The third-order valence-electron chi connectivity index (χ3n) is 4.85. The molecule has 1 atom stereocenters. The minimum atomic E-state index is 0.166. The molecule has 0 aromatic carbocycles. The summed E-state index contributed by atoms with van der Waals surface area (Å²) in [4.78, 5) is 14.4. The number of H-pyrrole nitrogens is 1. The first-order valence-corrected chi connectivity index (χ1v) is 8.23. The molecule has 1 aliphatic heterocycles. The lowest BCUT2D eigenvalue weighted by molar-refractivity contribution is -0.122. The summed E-state index contributed by atoms with van der Waals surface area (Å²) in [6.45, 7) is 5.29. The van der Waals surface area contributed by atoms with Crippen LogP contribution in [0.4, 0.5) is 0 Å². The highest BCUT2D eigenvalue weighted by atomic mass is 16.2. The maximum atomic E-state index is 12.1. The molecule has 2 heterocycles. The third-order valence-corrected chi connectivity index (χ3v) is 4.85. The second-order valence-corrected chi connectivity index (χ2v) is 6.69. The summed E-state index contributed by atoms with van der Waals surface area (Å²) in [6.07, 6.45) is 8.46. The van der Waals surface area contributed by atoms with Crippen LogP contribution in [0.3, 0.4) is 0 Å². The van der Waals surface area contributed by atoms with Crippen LogP contribution in [0.2, 0.25) is 0 Å². The van der Waals surface area contributed by atoms with Crippen molar-refractivity contribution in [2.45, 2.75) is 51.5 Å². The van der Waals surface area contributed by atoms with E-state index >= 15 is 0 Å². The maximum Gasteiger partial charge on any atom is 0.234 e. The minimum Gasteiger partial charge on any atom is -0.355 e. The maximum absolute atomic E-state index is 12.1. The average Bonchev–Trinajstić information content (AvgIpc) is 2.95. The molecule has 1 fully saturated rings. The number of hydrogen-bond acceptors (Lipinski definition) is 3. The van der Waals surface area contributed by atoms with Gasteiger partial charge in [0.1, 0.15) is 0 Å². The number of aromatic nitrogens is 2. The fraction of sp³-hybridized carbons (Fsp3) is 0.750. The predicted octanol–water partition coefficient (Wildman–Crippen LogP) is 2.03. The van der Waals surface area contributed by atoms with Crippen LogP contribution >= 0.6 is 0 Å². The monoisotopic (exact) mass is 290 g/mol. The van der Waals surface area contributed by atoms with Crippen LogP contribution < -0.4 is 5.32 Å². The quantitative estimate of drug-likeness (QED) is 0.892. The zero-order chi connectivity index (χ0) is 14.7. The minimum absolute atomic E-state index is 0.166. The number of nitrogens with one attached hydrogen (secondary N) is 2. The van der Waals surface area contributed by atoms with E-state index in [9.17, 15) is 4.79 Å². The summed E-state index contributed by atoms with van der Waals surface area (Å²) in [5, 5.41) is 10.3. The molecule has 1 aromatic rings. The van der Waals surface area contributed by atoms with Crippen molar-refractivity contribution in [2.75, 3.05) is 19.6 Å². The number of nitrogens with zero attached hydrogens (tertiary/aromatic N) is 2. The van der Waals surface area contributed by atoms with Crippen molar-refractivity contribution >= 4 is 5.91 Å². The van der Waals surface area contributed by atoms with Crippen molar-refractivity contribution in [1.29, 1.82) is 0 Å². The molecule has 0 bridgehead atoms. The summed E-state index contributed by atoms with van der Waals surface area (Å²) in [7, 11) is 0. The van der Waals surface area contributed by atoms with Gasteiger partial charge in [-0.05, 0) is 18.8 Å². The van der Waals surface area contributed by atoms with E-state index in [1.54, 1.807) is 0 Å². The summed E-state index contributed by atoms with van der Waals surface area (Å²) < 4.78 is 0. The van der Waals surface area contributed by atoms with Gasteiger partial charge in [-0.3, -0.25) is 14.8 Å². The molecular formula is C16H26N4O. The number of carbonyl (C=O) groups excluding carboxylic acids is 1. The summed E-state index contributed by atoms with van der Waals surface area (Å²) >= 11 is 0. The van der Waals surface area contributed by atoms with E-state index in [1.165, 1.54) is 43.4 Å². The van der Waals surface area contributed by atoms with Crippen LogP contribution in [0.5, 0.6) is 0 Å². The Hall–Kier alpha value is -1.36. The highest BCUT2D eigenvalue weighted by Gasteiger charge is 2.25. The smallest absolute Gasteiger partial charge is 0.234 e. The Morgan fingerprint density at radius 1 is 1.43 bits per heavy atom. The lowest BCUT2D eigenvalue weighted by atomic mass is 9.89. The van der Waals surface area contributed by atoms with Gasteiger partial charge in [0.05, 0.1) is 12.7 Å². The first-order valence-electron chi connectivity index (χ1n) is 8.23. The lowest BCUT2D eigenvalue weighted by Crippen LogP contribution is -2.42. The molecule has 1 aromatic heterocycles. The van der Waals surface area contributed by atoms with Crippen LogP contribution in [0, 0.1) is 5.92 Å². The molecule has 2 aliphatic rings. The van der Waals surface area contributed by atoms with Crippen LogP contribution in [0.25, 0.3) is 0 Å². The van der Waals surface area contributed by atoms with Crippen LogP contribution in [-0.2, 0) is 11.3 Å². The Morgan fingerprint density at radius 3 is 3.05 bits per heavy atom. The van der Waals surface area contributed by atoms with Crippen molar-refractivity contribution in [1.82, 2.24) is 20.4 Å². The largest absolute Gasteiger partial charge is 0.355 e. The molecule has 3 rings (SSSR count). The summed E-state index contributed by atoms with van der Waals surface area (Å²) in [5.41, 5.74) is 2.46. The number of carbonyl (C=O) groups is 1. The molecule has 1 aliphatic carbocycles. The average molecular weight is 290 g/mol. The molecule has 0 radical (unpaired) electrons. The first kappa shape index (κ1) is 14.6. The Balaban J connectivity index is 1.45. The Labute approximate surface area is 126 Å². The highest BCUT2D eigenvalue weighted by molar-refractivity contribution is 5.78. The molecule has 21 heavy (non-hydrogen) atoms. The van der Waals surface area contributed by atoms with Crippen molar-refractivity contribution in [3.63, 3.8) is 0 Å². The van der Waals surface area contributed by atoms with Crippen LogP contribution in [-0.4, -0.2) is 40.6 Å². The molecule has 1 amide bonds. The predicted molar refractivity (Wildman–Crippen MR) is 81.9 cm³/mol.